The second-order valence-electron chi connectivity index (χ2n) is 6.20. The number of esters is 1. The first-order valence-corrected chi connectivity index (χ1v) is 8.58. The number of Topliss-reactive ketones (excluding diaryl/α,β-unsaturated/α-hetero) is 1. The van der Waals surface area contributed by atoms with Gasteiger partial charge in [-0.25, -0.2) is 4.79 Å². The van der Waals surface area contributed by atoms with Gasteiger partial charge in [-0.3, -0.25) is 24.8 Å². The maximum absolute atomic E-state index is 12.3. The number of ether oxygens (including phenoxy) is 1. The number of hydrogen-bond donors (Lipinski definition) is 0. The van der Waals surface area contributed by atoms with E-state index in [1.165, 1.54) is 31.2 Å². The number of nitro benzene ring substituents is 1. The number of pyridine rings is 1. The summed E-state index contributed by atoms with van der Waals surface area (Å²) in [6.07, 6.45) is 4.76. The average Bonchev–Trinajstić information content (AvgIpc) is 2.66. The number of hydrogen-bond acceptors (Lipinski definition) is 7. The van der Waals surface area contributed by atoms with Crippen molar-refractivity contribution in [2.75, 3.05) is 20.2 Å². The first-order valence-electron chi connectivity index (χ1n) is 8.58. The minimum absolute atomic E-state index is 0.106. The highest BCUT2D eigenvalue weighted by Crippen LogP contribution is 2.16. The highest BCUT2D eigenvalue weighted by Gasteiger charge is 2.17. The normalized spacial score (nSPS) is 11.3. The van der Waals surface area contributed by atoms with Crippen molar-refractivity contribution in [3.8, 4) is 0 Å². The second kappa shape index (κ2) is 10.1. The van der Waals surface area contributed by atoms with E-state index in [-0.39, 0.29) is 17.9 Å². The Bertz CT molecular complexity index is 880. The van der Waals surface area contributed by atoms with Crippen molar-refractivity contribution in [1.29, 1.82) is 0 Å². The zero-order chi connectivity index (χ0) is 20.5. The molecule has 0 radical (unpaired) electrons. The molecule has 0 unspecified atom stereocenters. The number of benzene rings is 1. The van der Waals surface area contributed by atoms with Gasteiger partial charge in [-0.2, -0.15) is 0 Å². The van der Waals surface area contributed by atoms with Crippen molar-refractivity contribution in [1.82, 2.24) is 9.88 Å². The number of carbonyl (C=O) groups excluding carboxylic acids is 2. The Balaban J connectivity index is 1.96. The van der Waals surface area contributed by atoms with Gasteiger partial charge in [0.1, 0.15) is 12.2 Å². The highest BCUT2D eigenvalue weighted by atomic mass is 16.6. The van der Waals surface area contributed by atoms with Gasteiger partial charge in [0.05, 0.1) is 4.92 Å². The molecule has 146 valence electrons. The van der Waals surface area contributed by atoms with E-state index in [2.05, 4.69) is 4.98 Å². The van der Waals surface area contributed by atoms with Crippen molar-refractivity contribution in [2.24, 2.45) is 0 Å². The summed E-state index contributed by atoms with van der Waals surface area (Å²) >= 11 is 0. The third kappa shape index (κ3) is 6.40. The zero-order valence-corrected chi connectivity index (χ0v) is 15.7. The molecular weight excluding hydrogens is 362 g/mol. The predicted molar refractivity (Wildman–Crippen MR) is 103 cm³/mol. The molecule has 1 aromatic carbocycles. The standard InChI is InChI=1S/C20H21N3O5/c1-15(24)19(12-16-5-3-7-18(11-16)23(26)27)20(25)28-10-9-22(2)14-17-6-4-8-21-13-17/h3-8,11-13H,9-10,14H2,1-2H3/b19-12+. The van der Waals surface area contributed by atoms with Gasteiger partial charge in [0.2, 0.25) is 0 Å². The molecule has 0 spiro atoms. The van der Waals surface area contributed by atoms with Crippen molar-refractivity contribution in [3.05, 3.63) is 75.6 Å². The van der Waals surface area contributed by atoms with Gasteiger partial charge < -0.3 is 4.74 Å². The minimum Gasteiger partial charge on any atom is -0.461 e. The van der Waals surface area contributed by atoms with Gasteiger partial charge in [-0.1, -0.05) is 18.2 Å². The van der Waals surface area contributed by atoms with Crippen LogP contribution in [-0.2, 0) is 20.9 Å². The maximum atomic E-state index is 12.3. The van der Waals surface area contributed by atoms with Crippen molar-refractivity contribution in [3.63, 3.8) is 0 Å². The van der Waals surface area contributed by atoms with Gasteiger partial charge in [-0.05, 0) is 37.2 Å². The zero-order valence-electron chi connectivity index (χ0n) is 15.7. The summed E-state index contributed by atoms with van der Waals surface area (Å²) in [6, 6.07) is 9.48. The Morgan fingerprint density at radius 2 is 2.07 bits per heavy atom. The van der Waals surface area contributed by atoms with Crippen LogP contribution in [-0.4, -0.2) is 46.8 Å². The number of rotatable bonds is 9. The molecule has 1 heterocycles. The molecule has 1 aromatic heterocycles. The average molecular weight is 383 g/mol. The van der Waals surface area contributed by atoms with Crippen LogP contribution in [0.15, 0.2) is 54.4 Å². The number of aromatic nitrogens is 1. The lowest BCUT2D eigenvalue weighted by Crippen LogP contribution is -2.25. The number of likely N-dealkylation sites (N-methyl/N-ethyl adjacent to an activating group) is 1. The molecule has 8 nitrogen and oxygen atoms in total. The summed E-state index contributed by atoms with van der Waals surface area (Å²) < 4.78 is 5.20. The molecule has 2 rings (SSSR count). The summed E-state index contributed by atoms with van der Waals surface area (Å²) in [5.41, 5.74) is 1.13. The van der Waals surface area contributed by atoms with Crippen molar-refractivity contribution in [2.45, 2.75) is 13.5 Å². The number of non-ortho nitro benzene ring substituents is 1. The molecule has 0 saturated heterocycles. The molecule has 0 amide bonds. The molecule has 0 atom stereocenters. The SMILES string of the molecule is CC(=O)/C(=C\c1cccc([N+](=O)[O-])c1)C(=O)OCCN(C)Cc1cccnc1. The molecule has 0 N–H and O–H groups in total. The number of carbonyl (C=O) groups is 2. The van der Waals surface area contributed by atoms with Crippen LogP contribution >= 0.6 is 0 Å². The third-order valence-corrected chi connectivity index (χ3v) is 3.87. The molecule has 8 heteroatoms. The van der Waals surface area contributed by atoms with E-state index < -0.39 is 16.7 Å². The molecule has 2 aromatic rings. The predicted octanol–water partition coefficient (Wildman–Crippen LogP) is 2.64. The van der Waals surface area contributed by atoms with Crippen LogP contribution < -0.4 is 0 Å². The van der Waals surface area contributed by atoms with Crippen LogP contribution in [0.3, 0.4) is 0 Å². The Morgan fingerprint density at radius 1 is 1.29 bits per heavy atom. The molecule has 0 saturated carbocycles. The number of nitrogens with zero attached hydrogens (tertiary/aromatic N) is 3. The molecule has 0 bridgehead atoms. The fourth-order valence-electron chi connectivity index (χ4n) is 2.45. The first-order chi connectivity index (χ1) is 13.4. The lowest BCUT2D eigenvalue weighted by Gasteiger charge is -2.16. The van der Waals surface area contributed by atoms with Crippen LogP contribution in [0, 0.1) is 10.1 Å². The summed E-state index contributed by atoms with van der Waals surface area (Å²) in [5.74, 6) is -1.23. The van der Waals surface area contributed by atoms with Crippen LogP contribution in [0.1, 0.15) is 18.1 Å². The fourth-order valence-corrected chi connectivity index (χ4v) is 2.45. The van der Waals surface area contributed by atoms with Gasteiger partial charge in [0.25, 0.3) is 5.69 Å². The highest BCUT2D eigenvalue weighted by molar-refractivity contribution is 6.19. The topological polar surface area (TPSA) is 103 Å². The summed E-state index contributed by atoms with van der Waals surface area (Å²) in [6.45, 7) is 2.48. The van der Waals surface area contributed by atoms with Crippen LogP contribution in [0.4, 0.5) is 5.69 Å². The molecule has 28 heavy (non-hydrogen) atoms. The van der Waals surface area contributed by atoms with Crippen LogP contribution in [0.25, 0.3) is 6.08 Å². The van der Waals surface area contributed by atoms with E-state index >= 15 is 0 Å². The van der Waals surface area contributed by atoms with Gasteiger partial charge >= 0.3 is 5.97 Å². The first kappa shape index (κ1) is 20.9. The lowest BCUT2D eigenvalue weighted by molar-refractivity contribution is -0.384. The monoisotopic (exact) mass is 383 g/mol. The molecule has 0 aliphatic rings. The Labute approximate surface area is 162 Å². The van der Waals surface area contributed by atoms with E-state index in [1.807, 2.05) is 24.1 Å². The second-order valence-corrected chi connectivity index (χ2v) is 6.20. The maximum Gasteiger partial charge on any atom is 0.341 e. The van der Waals surface area contributed by atoms with Gasteiger partial charge in [0, 0.05) is 37.6 Å². The fraction of sp³-hybridized carbons (Fsp3) is 0.250. The third-order valence-electron chi connectivity index (χ3n) is 3.87. The molecule has 0 aliphatic heterocycles. The summed E-state index contributed by atoms with van der Waals surface area (Å²) in [4.78, 5) is 40.4. The van der Waals surface area contributed by atoms with E-state index in [0.717, 1.165) is 5.56 Å². The van der Waals surface area contributed by atoms with E-state index in [0.29, 0.717) is 18.7 Å². The summed E-state index contributed by atoms with van der Waals surface area (Å²) in [7, 11) is 1.88. The Morgan fingerprint density at radius 3 is 2.71 bits per heavy atom. The van der Waals surface area contributed by atoms with E-state index in [4.69, 9.17) is 4.74 Å². The summed E-state index contributed by atoms with van der Waals surface area (Å²) in [5, 5.41) is 10.9. The van der Waals surface area contributed by atoms with Crippen LogP contribution in [0.5, 0.6) is 0 Å². The van der Waals surface area contributed by atoms with Crippen molar-refractivity contribution >= 4 is 23.5 Å². The number of nitro groups is 1. The quantitative estimate of drug-likeness (QED) is 0.164. The lowest BCUT2D eigenvalue weighted by atomic mass is 10.1. The van der Waals surface area contributed by atoms with E-state index in [9.17, 15) is 19.7 Å². The molecule has 0 fully saturated rings. The Kier molecular flexibility index (Phi) is 7.53. The van der Waals surface area contributed by atoms with Gasteiger partial charge in [0.15, 0.2) is 5.78 Å². The number of ketones is 1. The van der Waals surface area contributed by atoms with Crippen LogP contribution in [0.2, 0.25) is 0 Å². The minimum atomic E-state index is -0.756. The molecule has 0 aliphatic carbocycles. The van der Waals surface area contributed by atoms with E-state index in [1.54, 1.807) is 18.5 Å². The van der Waals surface area contributed by atoms with Gasteiger partial charge in [-0.15, -0.1) is 0 Å². The largest absolute Gasteiger partial charge is 0.461 e. The van der Waals surface area contributed by atoms with Crippen molar-refractivity contribution < 1.29 is 19.2 Å². The smallest absolute Gasteiger partial charge is 0.341 e. The molecular formula is C20H21N3O5. The Hall–Kier alpha value is -3.39.